The van der Waals surface area contributed by atoms with Crippen LogP contribution in [0.3, 0.4) is 0 Å². The van der Waals surface area contributed by atoms with Gasteiger partial charge < -0.3 is 0 Å². The molecule has 0 N–H and O–H groups in total. The molecule has 2 aromatic rings. The van der Waals surface area contributed by atoms with Gasteiger partial charge in [-0.2, -0.15) is 5.26 Å². The summed E-state index contributed by atoms with van der Waals surface area (Å²) < 4.78 is 1.03. The molecule has 0 aliphatic heterocycles. The topological polar surface area (TPSA) is 53.8 Å². The van der Waals surface area contributed by atoms with Gasteiger partial charge in [0.25, 0.3) is 0 Å². The Labute approximate surface area is 131 Å². The summed E-state index contributed by atoms with van der Waals surface area (Å²) in [5.74, 6) is -0.580. The van der Waals surface area contributed by atoms with Crippen LogP contribution in [0.1, 0.15) is 29.5 Å². The Hall–Kier alpha value is -1.99. The average Bonchev–Trinajstić information content (AvgIpc) is 3.30. The molecular weight excluding hydrogens is 328 g/mol. The van der Waals surface area contributed by atoms with Gasteiger partial charge in [0, 0.05) is 16.6 Å². The molecule has 0 bridgehead atoms. The standard InChI is InChI=1S/C17H13BrN2O/c18-12-6-4-11(5-7-12)13-9-14(13)17(21)15(10-19)16-3-1-2-8-20-16/h1-8,13-15H,9H2/t13-,14-,15-/m0/s1. The Kier molecular flexibility index (Phi) is 3.85. The fourth-order valence-electron chi connectivity index (χ4n) is 2.62. The normalized spacial score (nSPS) is 21.3. The van der Waals surface area contributed by atoms with E-state index in [1.165, 1.54) is 0 Å². The molecule has 3 nitrogen and oxygen atoms in total. The fraction of sp³-hybridized carbons (Fsp3) is 0.235. The highest BCUT2D eigenvalue weighted by atomic mass is 79.9. The molecule has 1 aromatic heterocycles. The van der Waals surface area contributed by atoms with E-state index in [-0.39, 0.29) is 17.6 Å². The van der Waals surface area contributed by atoms with Crippen LogP contribution >= 0.6 is 15.9 Å². The number of hydrogen-bond donors (Lipinski definition) is 0. The summed E-state index contributed by atoms with van der Waals surface area (Å²) in [6.07, 6.45) is 2.44. The van der Waals surface area contributed by atoms with E-state index in [1.54, 1.807) is 24.4 Å². The number of aromatic nitrogens is 1. The SMILES string of the molecule is N#C[C@H](C(=O)[C@H]1C[C@H]1c1ccc(Br)cc1)c1ccccn1. The molecule has 21 heavy (non-hydrogen) atoms. The van der Waals surface area contributed by atoms with Gasteiger partial charge in [-0.3, -0.25) is 9.78 Å². The van der Waals surface area contributed by atoms with E-state index < -0.39 is 5.92 Å². The highest BCUT2D eigenvalue weighted by Gasteiger charge is 2.46. The largest absolute Gasteiger partial charge is 0.297 e. The zero-order valence-electron chi connectivity index (χ0n) is 11.2. The lowest BCUT2D eigenvalue weighted by molar-refractivity contribution is -0.120. The molecule has 0 saturated heterocycles. The Morgan fingerprint density at radius 2 is 2.05 bits per heavy atom. The summed E-state index contributed by atoms with van der Waals surface area (Å²) in [5.41, 5.74) is 1.71. The minimum absolute atomic E-state index is 0.0101. The predicted molar refractivity (Wildman–Crippen MR) is 82.6 cm³/mol. The summed E-state index contributed by atoms with van der Waals surface area (Å²) >= 11 is 3.41. The van der Waals surface area contributed by atoms with Gasteiger partial charge in [-0.1, -0.05) is 34.1 Å². The zero-order valence-corrected chi connectivity index (χ0v) is 12.8. The number of pyridine rings is 1. The maximum absolute atomic E-state index is 12.5. The monoisotopic (exact) mass is 340 g/mol. The van der Waals surface area contributed by atoms with Gasteiger partial charge in [-0.15, -0.1) is 0 Å². The summed E-state index contributed by atoms with van der Waals surface area (Å²) in [5, 5.41) is 9.30. The van der Waals surface area contributed by atoms with Crippen LogP contribution in [-0.4, -0.2) is 10.8 Å². The Balaban J connectivity index is 1.75. The summed E-state index contributed by atoms with van der Waals surface area (Å²) in [7, 11) is 0. The lowest BCUT2D eigenvalue weighted by atomic mass is 9.95. The molecule has 0 unspecified atom stereocenters. The van der Waals surface area contributed by atoms with E-state index in [0.717, 1.165) is 16.5 Å². The van der Waals surface area contributed by atoms with E-state index >= 15 is 0 Å². The minimum atomic E-state index is -0.753. The number of hydrogen-bond acceptors (Lipinski definition) is 3. The van der Waals surface area contributed by atoms with Crippen molar-refractivity contribution in [1.82, 2.24) is 4.98 Å². The van der Waals surface area contributed by atoms with Gasteiger partial charge in [-0.05, 0) is 42.2 Å². The van der Waals surface area contributed by atoms with Crippen molar-refractivity contribution in [2.75, 3.05) is 0 Å². The summed E-state index contributed by atoms with van der Waals surface area (Å²) in [6.45, 7) is 0. The van der Waals surface area contributed by atoms with Gasteiger partial charge in [-0.25, -0.2) is 0 Å². The van der Waals surface area contributed by atoms with Crippen molar-refractivity contribution in [3.63, 3.8) is 0 Å². The third kappa shape index (κ3) is 2.88. The average molecular weight is 341 g/mol. The molecule has 4 heteroatoms. The van der Waals surface area contributed by atoms with Crippen LogP contribution in [0.25, 0.3) is 0 Å². The van der Waals surface area contributed by atoms with Crippen molar-refractivity contribution in [1.29, 1.82) is 5.26 Å². The first kappa shape index (κ1) is 14.0. The van der Waals surface area contributed by atoms with E-state index in [0.29, 0.717) is 5.69 Å². The number of nitriles is 1. The molecule has 1 aliphatic rings. The molecule has 0 radical (unpaired) electrons. The molecule has 1 saturated carbocycles. The molecule has 3 atom stereocenters. The van der Waals surface area contributed by atoms with Crippen molar-refractivity contribution >= 4 is 21.7 Å². The highest BCUT2D eigenvalue weighted by Crippen LogP contribution is 2.50. The number of Topliss-reactive ketones (excluding diaryl/α,β-unsaturated/α-hetero) is 1. The van der Waals surface area contributed by atoms with Crippen molar-refractivity contribution in [2.24, 2.45) is 5.92 Å². The maximum atomic E-state index is 12.5. The van der Waals surface area contributed by atoms with Gasteiger partial charge in [0.1, 0.15) is 5.92 Å². The highest BCUT2D eigenvalue weighted by molar-refractivity contribution is 9.10. The van der Waals surface area contributed by atoms with Crippen LogP contribution < -0.4 is 0 Å². The molecule has 104 valence electrons. The quantitative estimate of drug-likeness (QED) is 0.849. The second-order valence-corrected chi connectivity index (χ2v) is 6.13. The van der Waals surface area contributed by atoms with Crippen LogP contribution in [0.4, 0.5) is 0 Å². The van der Waals surface area contributed by atoms with Crippen molar-refractivity contribution in [3.8, 4) is 6.07 Å². The molecule has 1 heterocycles. The summed E-state index contributed by atoms with van der Waals surface area (Å²) in [4.78, 5) is 16.7. The number of nitrogens with zero attached hydrogens (tertiary/aromatic N) is 2. The van der Waals surface area contributed by atoms with Gasteiger partial charge in [0.2, 0.25) is 0 Å². The number of rotatable bonds is 4. The first-order valence-electron chi connectivity index (χ1n) is 6.80. The van der Waals surface area contributed by atoms with Crippen molar-refractivity contribution in [3.05, 3.63) is 64.4 Å². The second-order valence-electron chi connectivity index (χ2n) is 5.22. The van der Waals surface area contributed by atoms with Crippen LogP contribution in [0.2, 0.25) is 0 Å². The van der Waals surface area contributed by atoms with Gasteiger partial charge >= 0.3 is 0 Å². The molecule has 1 aromatic carbocycles. The minimum Gasteiger partial charge on any atom is -0.297 e. The molecule has 0 amide bonds. The van der Waals surface area contributed by atoms with Crippen molar-refractivity contribution in [2.45, 2.75) is 18.3 Å². The molecule has 1 fully saturated rings. The molecular formula is C17H13BrN2O. The van der Waals surface area contributed by atoms with Crippen LogP contribution in [-0.2, 0) is 4.79 Å². The van der Waals surface area contributed by atoms with Crippen molar-refractivity contribution < 1.29 is 4.79 Å². The van der Waals surface area contributed by atoms with Crippen LogP contribution in [0, 0.1) is 17.2 Å². The Morgan fingerprint density at radius 1 is 1.29 bits per heavy atom. The van der Waals surface area contributed by atoms with Crippen LogP contribution in [0.15, 0.2) is 53.1 Å². The molecule has 0 spiro atoms. The van der Waals surface area contributed by atoms with E-state index in [9.17, 15) is 10.1 Å². The number of ketones is 1. The first-order chi connectivity index (χ1) is 10.2. The van der Waals surface area contributed by atoms with Gasteiger partial charge in [0.05, 0.1) is 11.8 Å². The Morgan fingerprint density at radius 3 is 2.67 bits per heavy atom. The van der Waals surface area contributed by atoms with Gasteiger partial charge in [0.15, 0.2) is 5.78 Å². The van der Waals surface area contributed by atoms with E-state index in [4.69, 9.17) is 0 Å². The third-order valence-corrected chi connectivity index (χ3v) is 4.38. The zero-order chi connectivity index (χ0) is 14.8. The van der Waals surface area contributed by atoms with Crippen LogP contribution in [0.5, 0.6) is 0 Å². The lowest BCUT2D eigenvalue weighted by Gasteiger charge is -2.07. The third-order valence-electron chi connectivity index (χ3n) is 3.85. The summed E-state index contributed by atoms with van der Waals surface area (Å²) in [6, 6.07) is 15.5. The number of carbonyl (C=O) groups excluding carboxylic acids is 1. The smallest absolute Gasteiger partial charge is 0.159 e. The fourth-order valence-corrected chi connectivity index (χ4v) is 2.89. The first-order valence-corrected chi connectivity index (χ1v) is 7.59. The maximum Gasteiger partial charge on any atom is 0.159 e. The molecule has 1 aliphatic carbocycles. The van der Waals surface area contributed by atoms with E-state index in [1.807, 2.05) is 24.3 Å². The predicted octanol–water partition coefficient (Wildman–Crippen LogP) is 3.82. The Bertz CT molecular complexity index is 691. The number of carbonyl (C=O) groups is 1. The second kappa shape index (κ2) is 5.79. The lowest BCUT2D eigenvalue weighted by Crippen LogP contribution is -2.14. The molecule has 3 rings (SSSR count). The number of benzene rings is 1. The number of halogens is 1. The van der Waals surface area contributed by atoms with E-state index in [2.05, 4.69) is 27.0 Å².